The molecule has 2 heterocycles. The first kappa shape index (κ1) is 24.3. The van der Waals surface area contributed by atoms with Crippen molar-refractivity contribution < 1.29 is 14.3 Å². The predicted molar refractivity (Wildman–Crippen MR) is 139 cm³/mol. The number of rotatable bonds is 5. The van der Waals surface area contributed by atoms with Crippen LogP contribution in [0.3, 0.4) is 0 Å². The highest BCUT2D eigenvalue weighted by Gasteiger charge is 2.52. The van der Waals surface area contributed by atoms with E-state index < -0.39 is 23.8 Å². The fourth-order valence-corrected chi connectivity index (χ4v) is 6.11. The number of fused-ring (bicyclic) bond motifs is 3. The van der Waals surface area contributed by atoms with Gasteiger partial charge in [0.25, 0.3) is 0 Å². The summed E-state index contributed by atoms with van der Waals surface area (Å²) in [7, 11) is 0. The maximum absolute atomic E-state index is 13.3. The fourth-order valence-electron chi connectivity index (χ4n) is 5.39. The van der Waals surface area contributed by atoms with E-state index in [4.69, 9.17) is 4.74 Å². The zero-order valence-corrected chi connectivity index (χ0v) is 21.5. The van der Waals surface area contributed by atoms with Crippen LogP contribution in [0.4, 0.5) is 4.79 Å². The van der Waals surface area contributed by atoms with Crippen molar-refractivity contribution >= 4 is 33.6 Å². The quantitative estimate of drug-likeness (QED) is 0.511. The third-order valence-corrected chi connectivity index (χ3v) is 7.78. The van der Waals surface area contributed by atoms with E-state index in [0.29, 0.717) is 6.42 Å². The molecule has 186 valence electrons. The van der Waals surface area contributed by atoms with Crippen molar-refractivity contribution in [2.24, 2.45) is 5.92 Å². The maximum atomic E-state index is 13.3. The minimum absolute atomic E-state index is 0.0258. The summed E-state index contributed by atoms with van der Waals surface area (Å²) in [5, 5.41) is 12.7. The second kappa shape index (κ2) is 9.55. The Morgan fingerprint density at radius 1 is 1.19 bits per heavy atom. The second-order valence-electron chi connectivity index (χ2n) is 10.7. The smallest absolute Gasteiger partial charge is 0.411 e. The number of thiazole rings is 1. The van der Waals surface area contributed by atoms with Gasteiger partial charge in [-0.05, 0) is 74.8 Å². The lowest BCUT2D eigenvalue weighted by Crippen LogP contribution is -2.55. The number of hydrogen-bond donors (Lipinski definition) is 1. The highest BCUT2D eigenvalue weighted by molar-refractivity contribution is 7.16. The molecule has 2 fully saturated rings. The van der Waals surface area contributed by atoms with Crippen LogP contribution in [0.1, 0.15) is 45.6 Å². The van der Waals surface area contributed by atoms with Crippen LogP contribution in [-0.4, -0.2) is 45.6 Å². The molecule has 4 atom stereocenters. The van der Waals surface area contributed by atoms with Crippen molar-refractivity contribution in [2.75, 3.05) is 0 Å². The van der Waals surface area contributed by atoms with Crippen molar-refractivity contribution in [1.29, 1.82) is 5.26 Å². The summed E-state index contributed by atoms with van der Waals surface area (Å²) in [6.07, 6.45) is 2.55. The van der Waals surface area contributed by atoms with Crippen molar-refractivity contribution in [2.45, 2.75) is 70.2 Å². The van der Waals surface area contributed by atoms with Gasteiger partial charge in [-0.15, -0.1) is 11.3 Å². The Bertz CT molecular complexity index is 1320. The molecule has 1 N–H and O–H groups in total. The first-order valence-corrected chi connectivity index (χ1v) is 13.2. The largest absolute Gasteiger partial charge is 0.444 e. The number of carbonyl (C=O) groups excluding carboxylic acids is 2. The summed E-state index contributed by atoms with van der Waals surface area (Å²) in [5.74, 6) is -0.161. The third kappa shape index (κ3) is 4.93. The predicted octanol–water partition coefficient (Wildman–Crippen LogP) is 5.30. The molecule has 7 nitrogen and oxygen atoms in total. The minimum Gasteiger partial charge on any atom is -0.444 e. The Labute approximate surface area is 215 Å². The molecule has 36 heavy (non-hydrogen) atoms. The highest BCUT2D eigenvalue weighted by Crippen LogP contribution is 2.43. The van der Waals surface area contributed by atoms with E-state index in [-0.39, 0.29) is 17.9 Å². The lowest BCUT2D eigenvalue weighted by molar-refractivity contribution is -0.128. The Balaban J connectivity index is 1.25. The molecule has 2 bridgehead atoms. The summed E-state index contributed by atoms with van der Waals surface area (Å²) in [5.41, 5.74) is 5.36. The molecule has 1 aromatic heterocycles. The van der Waals surface area contributed by atoms with Crippen LogP contribution in [0.2, 0.25) is 0 Å². The number of nitrogens with one attached hydrogen (secondary N) is 1. The molecule has 3 aromatic rings. The van der Waals surface area contributed by atoms with Crippen molar-refractivity contribution in [3.8, 4) is 17.2 Å². The number of amides is 2. The van der Waals surface area contributed by atoms with Crippen molar-refractivity contribution in [1.82, 2.24) is 15.2 Å². The molecule has 8 heteroatoms. The molecule has 2 amide bonds. The number of aromatic nitrogens is 1. The van der Waals surface area contributed by atoms with Crippen LogP contribution in [0, 0.1) is 17.2 Å². The molecule has 5 rings (SSSR count). The zero-order chi connectivity index (χ0) is 25.4. The van der Waals surface area contributed by atoms with E-state index in [0.717, 1.165) is 46.2 Å². The summed E-state index contributed by atoms with van der Waals surface area (Å²) in [6.45, 7) is 5.47. The second-order valence-corrected chi connectivity index (χ2v) is 11.6. The van der Waals surface area contributed by atoms with Gasteiger partial charge >= 0.3 is 6.09 Å². The van der Waals surface area contributed by atoms with Gasteiger partial charge < -0.3 is 10.1 Å². The number of piperidine rings is 1. The van der Waals surface area contributed by atoms with Crippen molar-refractivity contribution in [3.63, 3.8) is 0 Å². The van der Waals surface area contributed by atoms with Gasteiger partial charge in [0.05, 0.1) is 21.8 Å². The topological polar surface area (TPSA) is 95.3 Å². The Morgan fingerprint density at radius 2 is 1.94 bits per heavy atom. The average molecular weight is 503 g/mol. The van der Waals surface area contributed by atoms with Gasteiger partial charge in [-0.25, -0.2) is 9.78 Å². The van der Waals surface area contributed by atoms with Gasteiger partial charge in [-0.1, -0.05) is 30.3 Å². The molecule has 0 spiro atoms. The van der Waals surface area contributed by atoms with Gasteiger partial charge in [0.2, 0.25) is 5.91 Å². The zero-order valence-electron chi connectivity index (χ0n) is 20.7. The van der Waals surface area contributed by atoms with E-state index in [1.54, 1.807) is 16.2 Å². The van der Waals surface area contributed by atoms with Gasteiger partial charge in [-0.3, -0.25) is 9.69 Å². The van der Waals surface area contributed by atoms with E-state index >= 15 is 0 Å². The highest BCUT2D eigenvalue weighted by atomic mass is 32.1. The van der Waals surface area contributed by atoms with Gasteiger partial charge in [0, 0.05) is 12.5 Å². The summed E-state index contributed by atoms with van der Waals surface area (Å²) >= 11 is 1.62. The van der Waals surface area contributed by atoms with E-state index in [9.17, 15) is 14.9 Å². The Hall–Kier alpha value is -3.44. The molecule has 1 aliphatic heterocycles. The van der Waals surface area contributed by atoms with Crippen LogP contribution in [0.25, 0.3) is 21.3 Å². The monoisotopic (exact) mass is 502 g/mol. The first-order valence-electron chi connectivity index (χ1n) is 12.4. The Morgan fingerprint density at radius 3 is 2.67 bits per heavy atom. The molecule has 0 radical (unpaired) electrons. The molecular formula is C28H30N4O3S. The van der Waals surface area contributed by atoms with Gasteiger partial charge in [-0.2, -0.15) is 5.26 Å². The van der Waals surface area contributed by atoms with E-state index in [1.807, 2.05) is 56.6 Å². The molecule has 2 aliphatic rings. The minimum atomic E-state index is -0.684. The van der Waals surface area contributed by atoms with Crippen LogP contribution in [0.5, 0.6) is 0 Å². The van der Waals surface area contributed by atoms with Crippen molar-refractivity contribution in [3.05, 3.63) is 53.5 Å². The molecule has 1 aliphatic carbocycles. The average Bonchev–Trinajstić information content (AvgIpc) is 3.58. The maximum Gasteiger partial charge on any atom is 0.411 e. The van der Waals surface area contributed by atoms with Crippen LogP contribution in [0.15, 0.2) is 48.0 Å². The number of likely N-dealkylation sites (tertiary alicyclic amines) is 1. The normalized spacial score (nSPS) is 21.8. The summed E-state index contributed by atoms with van der Waals surface area (Å²) in [4.78, 5) is 32.1. The summed E-state index contributed by atoms with van der Waals surface area (Å²) in [6, 6.07) is 15.2. The SMILES string of the molecule is CC(C)(C)OC(=O)N1C2CCC(C2)C1C(=O)NC(C#N)Cc1ccc(-c2ccc3ncsc3c2)cc1. The first-order chi connectivity index (χ1) is 17.2. The van der Waals surface area contributed by atoms with E-state index in [2.05, 4.69) is 28.5 Å². The molecular weight excluding hydrogens is 472 g/mol. The lowest BCUT2D eigenvalue weighted by atomic mass is 9.97. The number of nitrogens with zero attached hydrogens (tertiary/aromatic N) is 3. The standard InChI is InChI=1S/C28H30N4O3S/c1-28(2,3)35-27(34)32-22-10-8-20(13-22)25(32)26(33)31-21(15-29)12-17-4-6-18(7-5-17)19-9-11-23-24(14-19)36-16-30-23/h4-7,9,11,14,16,20-22,25H,8,10,12-13H2,1-3H3,(H,31,33). The number of hydrogen-bond acceptors (Lipinski definition) is 6. The van der Waals surface area contributed by atoms with Gasteiger partial charge in [0.1, 0.15) is 17.7 Å². The molecule has 1 saturated heterocycles. The van der Waals surface area contributed by atoms with Gasteiger partial charge in [0.15, 0.2) is 0 Å². The fraction of sp³-hybridized carbons (Fsp3) is 0.429. The molecule has 4 unspecified atom stereocenters. The number of nitriles is 1. The molecule has 2 aromatic carbocycles. The van der Waals surface area contributed by atoms with Crippen LogP contribution >= 0.6 is 11.3 Å². The van der Waals surface area contributed by atoms with E-state index in [1.165, 1.54) is 0 Å². The number of benzene rings is 2. The number of carbonyl (C=O) groups is 2. The third-order valence-electron chi connectivity index (χ3n) is 6.99. The summed E-state index contributed by atoms with van der Waals surface area (Å²) < 4.78 is 6.73. The van der Waals surface area contributed by atoms with Crippen LogP contribution < -0.4 is 5.32 Å². The lowest BCUT2D eigenvalue weighted by Gasteiger charge is -2.35. The molecule has 1 saturated carbocycles. The number of ether oxygens (including phenoxy) is 1. The van der Waals surface area contributed by atoms with Crippen LogP contribution in [-0.2, 0) is 16.0 Å². The Kier molecular flexibility index (Phi) is 6.44.